The number of benzene rings is 3. The van der Waals surface area contributed by atoms with E-state index in [1.165, 1.54) is 11.1 Å². The second-order valence-electron chi connectivity index (χ2n) is 10.2. The first kappa shape index (κ1) is 28.0. The lowest BCUT2D eigenvalue weighted by Gasteiger charge is -2.41. The highest BCUT2D eigenvalue weighted by Gasteiger charge is 2.36. The van der Waals surface area contributed by atoms with Crippen molar-refractivity contribution in [2.75, 3.05) is 51.1 Å². The van der Waals surface area contributed by atoms with Crippen LogP contribution in [-0.2, 0) is 14.4 Å². The molecular weight excluding hydrogens is 570 g/mol. The number of amides is 3. The third-order valence-corrected chi connectivity index (χ3v) is 8.05. The van der Waals surface area contributed by atoms with Crippen LogP contribution in [-0.4, -0.2) is 84.3 Å². The van der Waals surface area contributed by atoms with Gasteiger partial charge < -0.3 is 15.5 Å². The fourth-order valence-electron chi connectivity index (χ4n) is 5.48. The molecule has 2 N–H and O–H groups in total. The monoisotopic (exact) mass is 603 g/mol. The first-order valence-electron chi connectivity index (χ1n) is 13.7. The maximum atomic E-state index is 13.4. The average molecular weight is 605 g/mol. The largest absolute Gasteiger partial charge is 0.353 e. The Bertz CT molecular complexity index is 1260. The van der Waals surface area contributed by atoms with Gasteiger partial charge in [0.25, 0.3) is 0 Å². The first-order chi connectivity index (χ1) is 19.5. The van der Waals surface area contributed by atoms with Gasteiger partial charge in [-0.15, -0.1) is 0 Å². The van der Waals surface area contributed by atoms with Crippen LogP contribution in [0.2, 0.25) is 0 Å². The summed E-state index contributed by atoms with van der Waals surface area (Å²) < 4.78 is 0.908. The summed E-state index contributed by atoms with van der Waals surface area (Å²) in [6.45, 7) is 4.15. The summed E-state index contributed by atoms with van der Waals surface area (Å²) >= 11 is 3.38. The number of halogens is 1. The first-order valence-corrected chi connectivity index (χ1v) is 14.5. The number of hydrogen-bond donors (Lipinski definition) is 2. The molecule has 8 nitrogen and oxygen atoms in total. The Morgan fingerprint density at radius 1 is 0.850 bits per heavy atom. The molecule has 2 saturated heterocycles. The molecule has 40 heavy (non-hydrogen) atoms. The van der Waals surface area contributed by atoms with Crippen LogP contribution >= 0.6 is 15.9 Å². The Morgan fingerprint density at radius 3 is 2.05 bits per heavy atom. The maximum Gasteiger partial charge on any atom is 0.243 e. The Labute approximate surface area is 243 Å². The molecule has 1 atom stereocenters. The Kier molecular flexibility index (Phi) is 9.26. The zero-order valence-electron chi connectivity index (χ0n) is 22.3. The molecule has 0 bridgehead atoms. The number of nitrogens with one attached hydrogen (secondary N) is 2. The van der Waals surface area contributed by atoms with Crippen LogP contribution in [0.1, 0.15) is 23.6 Å². The summed E-state index contributed by atoms with van der Waals surface area (Å²) in [5.74, 6) is -0.708. The van der Waals surface area contributed by atoms with Gasteiger partial charge in [-0.3, -0.25) is 24.2 Å². The van der Waals surface area contributed by atoms with E-state index in [1.54, 1.807) is 17.0 Å². The Hall–Kier alpha value is -3.53. The molecule has 0 saturated carbocycles. The van der Waals surface area contributed by atoms with Crippen molar-refractivity contribution < 1.29 is 14.4 Å². The van der Waals surface area contributed by atoms with Crippen molar-refractivity contribution in [1.29, 1.82) is 0 Å². The standard InChI is InChI=1S/C31H34BrN5O3/c32-25-11-13-26(14-12-25)34-28(38)21-27-31(40)33-15-16-37(27)29(39)22-35-17-19-36(20-18-35)30(23-7-3-1-4-8-23)24-9-5-2-6-10-24/h1-14,27,30H,15-22H2,(H,33,40)(H,34,38). The molecule has 2 heterocycles. The van der Waals surface area contributed by atoms with Gasteiger partial charge in [-0.1, -0.05) is 76.6 Å². The lowest BCUT2D eigenvalue weighted by molar-refractivity contribution is -0.145. The smallest absolute Gasteiger partial charge is 0.243 e. The van der Waals surface area contributed by atoms with Crippen molar-refractivity contribution in [3.05, 3.63) is 101 Å². The minimum absolute atomic E-state index is 0.0861. The molecule has 0 spiro atoms. The van der Waals surface area contributed by atoms with Gasteiger partial charge in [0, 0.05) is 49.4 Å². The van der Waals surface area contributed by atoms with E-state index in [2.05, 4.69) is 84.9 Å². The lowest BCUT2D eigenvalue weighted by atomic mass is 9.96. The molecule has 3 aromatic carbocycles. The van der Waals surface area contributed by atoms with E-state index in [0.717, 1.165) is 30.7 Å². The van der Waals surface area contributed by atoms with E-state index in [1.807, 2.05) is 24.3 Å². The highest BCUT2D eigenvalue weighted by atomic mass is 79.9. The summed E-state index contributed by atoms with van der Waals surface area (Å²) in [5, 5.41) is 5.63. The summed E-state index contributed by atoms with van der Waals surface area (Å²) in [6.07, 6.45) is -0.0861. The number of carbonyl (C=O) groups excluding carboxylic acids is 3. The molecule has 1 unspecified atom stereocenters. The number of piperazine rings is 2. The Balaban J connectivity index is 1.19. The van der Waals surface area contributed by atoms with E-state index in [0.29, 0.717) is 18.8 Å². The van der Waals surface area contributed by atoms with Gasteiger partial charge in [0.2, 0.25) is 17.7 Å². The molecule has 2 fully saturated rings. The van der Waals surface area contributed by atoms with E-state index in [4.69, 9.17) is 0 Å². The normalized spacial score (nSPS) is 18.4. The minimum atomic E-state index is -0.821. The molecule has 0 radical (unpaired) electrons. The third kappa shape index (κ3) is 6.96. The van der Waals surface area contributed by atoms with Crippen LogP contribution < -0.4 is 10.6 Å². The van der Waals surface area contributed by atoms with Crippen LogP contribution in [0.4, 0.5) is 5.69 Å². The van der Waals surface area contributed by atoms with Crippen LogP contribution in [0.15, 0.2) is 89.4 Å². The summed E-state index contributed by atoms with van der Waals surface area (Å²) in [5.41, 5.74) is 3.15. The van der Waals surface area contributed by atoms with Crippen molar-refractivity contribution in [2.45, 2.75) is 18.5 Å². The van der Waals surface area contributed by atoms with Crippen LogP contribution in [0.3, 0.4) is 0 Å². The van der Waals surface area contributed by atoms with Gasteiger partial charge in [0.05, 0.1) is 19.0 Å². The fraction of sp³-hybridized carbons (Fsp3) is 0.323. The highest BCUT2D eigenvalue weighted by molar-refractivity contribution is 9.10. The lowest BCUT2D eigenvalue weighted by Crippen LogP contribution is -2.60. The number of nitrogens with zero attached hydrogens (tertiary/aromatic N) is 3. The molecule has 2 aliphatic heterocycles. The van der Waals surface area contributed by atoms with Crippen molar-refractivity contribution in [3.8, 4) is 0 Å². The zero-order chi connectivity index (χ0) is 27.9. The topological polar surface area (TPSA) is 85.0 Å². The predicted molar refractivity (Wildman–Crippen MR) is 159 cm³/mol. The van der Waals surface area contributed by atoms with E-state index >= 15 is 0 Å². The van der Waals surface area contributed by atoms with Crippen molar-refractivity contribution in [2.24, 2.45) is 0 Å². The summed E-state index contributed by atoms with van der Waals surface area (Å²) in [6, 6.07) is 27.6. The van der Waals surface area contributed by atoms with E-state index < -0.39 is 6.04 Å². The molecule has 208 valence electrons. The van der Waals surface area contributed by atoms with Gasteiger partial charge in [-0.05, 0) is 35.4 Å². The van der Waals surface area contributed by atoms with E-state index in [9.17, 15) is 14.4 Å². The number of hydrogen-bond acceptors (Lipinski definition) is 5. The van der Waals surface area contributed by atoms with Crippen molar-refractivity contribution in [1.82, 2.24) is 20.0 Å². The van der Waals surface area contributed by atoms with Gasteiger partial charge in [0.1, 0.15) is 6.04 Å². The predicted octanol–water partition coefficient (Wildman–Crippen LogP) is 3.51. The maximum absolute atomic E-state index is 13.4. The summed E-state index contributed by atoms with van der Waals surface area (Å²) in [7, 11) is 0. The number of anilines is 1. The van der Waals surface area contributed by atoms with Gasteiger partial charge in [-0.2, -0.15) is 0 Å². The second-order valence-corrected chi connectivity index (χ2v) is 11.1. The van der Waals surface area contributed by atoms with Crippen molar-refractivity contribution in [3.63, 3.8) is 0 Å². The molecular formula is C31H34BrN5O3. The van der Waals surface area contributed by atoms with Gasteiger partial charge in [-0.25, -0.2) is 0 Å². The fourth-order valence-corrected chi connectivity index (χ4v) is 5.75. The molecule has 3 aromatic rings. The number of carbonyl (C=O) groups is 3. The molecule has 0 aromatic heterocycles. The zero-order valence-corrected chi connectivity index (χ0v) is 23.9. The molecule has 3 amide bonds. The van der Waals surface area contributed by atoms with E-state index in [-0.39, 0.29) is 36.7 Å². The van der Waals surface area contributed by atoms with Gasteiger partial charge in [0.15, 0.2) is 0 Å². The summed E-state index contributed by atoms with van der Waals surface area (Å²) in [4.78, 5) is 45.1. The van der Waals surface area contributed by atoms with Crippen LogP contribution in [0.25, 0.3) is 0 Å². The van der Waals surface area contributed by atoms with Crippen molar-refractivity contribution >= 4 is 39.3 Å². The van der Waals surface area contributed by atoms with Crippen LogP contribution in [0, 0.1) is 0 Å². The number of rotatable bonds is 8. The molecule has 2 aliphatic rings. The second kappa shape index (κ2) is 13.2. The van der Waals surface area contributed by atoms with Crippen LogP contribution in [0.5, 0.6) is 0 Å². The minimum Gasteiger partial charge on any atom is -0.353 e. The van der Waals surface area contributed by atoms with Gasteiger partial charge >= 0.3 is 0 Å². The highest BCUT2D eigenvalue weighted by Crippen LogP contribution is 2.29. The average Bonchev–Trinajstić information content (AvgIpc) is 2.97. The molecule has 9 heteroatoms. The quantitative estimate of drug-likeness (QED) is 0.412. The SMILES string of the molecule is O=C(CC1C(=O)NCCN1C(=O)CN1CCN(C(c2ccccc2)c2ccccc2)CC1)Nc1ccc(Br)cc1. The third-order valence-electron chi connectivity index (χ3n) is 7.52. The molecule has 0 aliphatic carbocycles. The molecule has 5 rings (SSSR count). The Morgan fingerprint density at radius 2 is 1.45 bits per heavy atom.